The number of carbonyl (C=O) groups is 10. The van der Waals surface area contributed by atoms with Crippen molar-refractivity contribution in [2.45, 2.75) is 128 Å². The van der Waals surface area contributed by atoms with Crippen molar-refractivity contribution in [1.29, 1.82) is 0 Å². The van der Waals surface area contributed by atoms with Gasteiger partial charge in [-0.1, -0.05) is 0 Å². The van der Waals surface area contributed by atoms with Gasteiger partial charge in [-0.25, -0.2) is 19.2 Å². The number of carbonyl (C=O) groups excluding carboxylic acids is 10. The summed E-state index contributed by atoms with van der Waals surface area (Å²) in [6, 6.07) is 0. The van der Waals surface area contributed by atoms with Crippen LogP contribution in [0.3, 0.4) is 0 Å². The fourth-order valence-corrected chi connectivity index (χ4v) is 14.9. The van der Waals surface area contributed by atoms with E-state index in [2.05, 4.69) is 72.7 Å². The van der Waals surface area contributed by atoms with E-state index in [4.69, 9.17) is 99.6 Å². The molecule has 718 valence electrons. The highest BCUT2D eigenvalue weighted by molar-refractivity contribution is 6.01. The highest BCUT2D eigenvalue weighted by atomic mass is 16.7. The lowest BCUT2D eigenvalue weighted by molar-refractivity contribution is -0.198. The van der Waals surface area contributed by atoms with Crippen LogP contribution in [0.15, 0.2) is 0 Å². The van der Waals surface area contributed by atoms with Crippen molar-refractivity contribution < 1.29 is 148 Å². The molecule has 0 bridgehead atoms. The molecule has 0 aromatic rings. The molecule has 4 fully saturated rings. The number of nitrogens with one attached hydrogen (secondary N) is 7. The molecular formula is C88H140N8O31. The monoisotopic (exact) mass is 1800 g/mol. The summed E-state index contributed by atoms with van der Waals surface area (Å²) in [6.45, 7) is 8.90. The minimum atomic E-state index is -1.42. The molecule has 0 aromatic carbocycles. The van der Waals surface area contributed by atoms with Gasteiger partial charge in [0.25, 0.3) is 11.8 Å². The molecule has 9 atom stereocenters. The summed E-state index contributed by atoms with van der Waals surface area (Å²) in [7, 11) is 0. The number of alkyl carbamates (subject to hydrolysis) is 3. The lowest BCUT2D eigenvalue weighted by Crippen LogP contribution is -2.59. The first-order valence-corrected chi connectivity index (χ1v) is 45.4. The minimum absolute atomic E-state index is 0.00544. The van der Waals surface area contributed by atoms with E-state index in [1.54, 1.807) is 0 Å². The van der Waals surface area contributed by atoms with Gasteiger partial charge in [0.15, 0.2) is 0 Å². The van der Waals surface area contributed by atoms with Gasteiger partial charge in [-0.2, -0.15) is 0 Å². The summed E-state index contributed by atoms with van der Waals surface area (Å²) in [4.78, 5) is 130. The molecule has 39 heteroatoms. The summed E-state index contributed by atoms with van der Waals surface area (Å²) in [5.41, 5.74) is -1.42. The Morgan fingerprint density at radius 3 is 0.764 bits per heavy atom. The Kier molecular flexibility index (Phi) is 57.2. The molecule has 9 amide bonds. The summed E-state index contributed by atoms with van der Waals surface area (Å²) in [6.07, 6.45) is 10.0. The second-order valence-electron chi connectivity index (χ2n) is 31.2. The third-order valence-corrected chi connectivity index (χ3v) is 21.8. The Labute approximate surface area is 746 Å². The molecule has 7 rings (SSSR count). The van der Waals surface area contributed by atoms with Gasteiger partial charge in [-0.05, 0) is 91.8 Å². The average Bonchev–Trinajstić information content (AvgIpc) is 1.64. The van der Waals surface area contributed by atoms with Crippen LogP contribution in [-0.2, 0) is 133 Å². The number of fused-ring (bicyclic) bond motifs is 3. The van der Waals surface area contributed by atoms with Gasteiger partial charge in [0.05, 0.1) is 251 Å². The molecule has 7 N–H and O–H groups in total. The molecule has 6 aliphatic carbocycles. The largest absolute Gasteiger partial charge is 0.449 e. The fraction of sp³-hybridized carbons (Fsp3) is 0.818. The van der Waals surface area contributed by atoms with Crippen LogP contribution in [0.25, 0.3) is 0 Å². The number of hydrogen-bond donors (Lipinski definition) is 7. The summed E-state index contributed by atoms with van der Waals surface area (Å²) in [5.74, 6) is 20.7. The Morgan fingerprint density at radius 1 is 0.276 bits per heavy atom. The Hall–Kier alpha value is -7.70. The molecule has 0 aromatic heterocycles. The molecule has 3 saturated carbocycles. The minimum Gasteiger partial charge on any atom is -0.449 e. The number of ether oxygens (including phenoxy) is 20. The van der Waals surface area contributed by atoms with E-state index in [0.29, 0.717) is 177 Å². The number of imide groups is 1. The maximum absolute atomic E-state index is 13.9. The number of nitrogens with zero attached hydrogens (tertiary/aromatic N) is 1. The lowest BCUT2D eigenvalue weighted by Gasteiger charge is -2.34. The smallest absolute Gasteiger partial charge is 0.407 e. The standard InChI is InChI=1S/C88H140N8O31/c97-78(89-26-37-109-45-53-117-56-48-112-40-29-92-85(104)124-63-75-69-13-7-1-2-8-14-70(69)75)21-33-121-66-88(95-81(100)24-32-107-43-51-115-59-61-120-62-60-116-52-44-108-36-25-84(103)127-96-82(101)19-20-83(96)102,67-122-34-22-79(98)90-27-38-110-46-54-118-57-49-113-41-30-93-86(105)125-64-76-71-15-9-3-4-10-16-72(71)76)68-123-35-23-80(99)91-28-39-111-47-55-119-58-50-114-42-31-94-87(106)126-65-77-73-17-11-5-6-12-18-74(73)77/h69-77H,7-68H2,(H,89,97)(H,90,98)(H,91,99)(H,92,104)(H,93,105)(H,94,106)(H,95,100)/t69-,70+,71-,72+,73-,74+,75?,76?,77?,88?. The molecule has 127 heavy (non-hydrogen) atoms. The van der Waals surface area contributed by atoms with Crippen molar-refractivity contribution in [1.82, 2.24) is 42.3 Å². The van der Waals surface area contributed by atoms with Crippen LogP contribution in [0.5, 0.6) is 0 Å². The molecule has 0 radical (unpaired) electrons. The zero-order chi connectivity index (χ0) is 89.9. The van der Waals surface area contributed by atoms with Crippen molar-refractivity contribution in [2.24, 2.45) is 53.3 Å². The van der Waals surface area contributed by atoms with Crippen molar-refractivity contribution in [3.8, 4) is 35.5 Å². The van der Waals surface area contributed by atoms with Gasteiger partial charge in [0.2, 0.25) is 23.6 Å². The van der Waals surface area contributed by atoms with Crippen molar-refractivity contribution in [3.63, 3.8) is 0 Å². The summed E-state index contributed by atoms with van der Waals surface area (Å²) in [5, 5.41) is 20.1. The van der Waals surface area contributed by atoms with Gasteiger partial charge in [-0.15, -0.1) is 40.6 Å². The first-order valence-electron chi connectivity index (χ1n) is 45.4. The van der Waals surface area contributed by atoms with Crippen LogP contribution in [0, 0.1) is 88.8 Å². The Balaban J connectivity index is 0.769. The molecular weight excluding hydrogens is 1660 g/mol. The Bertz CT molecular complexity index is 3020. The normalized spacial score (nSPS) is 20.4. The highest BCUT2D eigenvalue weighted by Crippen LogP contribution is 2.54. The topological polar surface area (TPSA) is 452 Å². The lowest BCUT2D eigenvalue weighted by atomic mass is 10.0. The van der Waals surface area contributed by atoms with E-state index in [0.717, 1.165) is 77.0 Å². The van der Waals surface area contributed by atoms with Crippen LogP contribution < -0.4 is 37.2 Å². The number of amides is 9. The SMILES string of the molecule is O=C(CCOCC(COCCC(=O)NCCOCCOCCOCCNC(=O)OCC1[C@H]2CCC#CCC[C@@H]12)(COCCC(=O)NCCOCCOCCOCCNC(=O)OCC1[C@H]2CCC#CCC[C@@H]12)NC(=O)CCOCCOCCOCCOCCOCCC(=O)ON1C(=O)CCC1=O)NCCOCCOCCOCCNC(=O)OCC1[C@H]2CCC#CCC[C@@H]12. The predicted molar refractivity (Wildman–Crippen MR) is 452 cm³/mol. The molecule has 1 heterocycles. The van der Waals surface area contributed by atoms with Crippen LogP contribution in [-0.4, -0.2) is 354 Å². The second-order valence-corrected chi connectivity index (χ2v) is 31.2. The van der Waals surface area contributed by atoms with E-state index >= 15 is 0 Å². The van der Waals surface area contributed by atoms with Gasteiger partial charge in [-0.3, -0.25) is 28.8 Å². The Morgan fingerprint density at radius 2 is 0.496 bits per heavy atom. The molecule has 0 spiro atoms. The van der Waals surface area contributed by atoms with Gasteiger partial charge in [0, 0.05) is 116 Å². The van der Waals surface area contributed by atoms with Crippen LogP contribution >= 0.6 is 0 Å². The van der Waals surface area contributed by atoms with Crippen molar-refractivity contribution >= 4 is 59.7 Å². The van der Waals surface area contributed by atoms with E-state index < -0.39 is 47.5 Å². The molecule has 1 saturated heterocycles. The van der Waals surface area contributed by atoms with Gasteiger partial charge < -0.3 is 137 Å². The third kappa shape index (κ3) is 50.3. The van der Waals surface area contributed by atoms with Crippen molar-refractivity contribution in [2.75, 3.05) is 284 Å². The van der Waals surface area contributed by atoms with E-state index in [1.165, 1.54) is 0 Å². The van der Waals surface area contributed by atoms with E-state index in [-0.39, 0.29) is 228 Å². The fourth-order valence-electron chi connectivity index (χ4n) is 14.9. The number of hydroxylamine groups is 2. The maximum atomic E-state index is 13.9. The predicted octanol–water partition coefficient (Wildman–Crippen LogP) is 2.53. The molecule has 39 nitrogen and oxygen atoms in total. The highest BCUT2D eigenvalue weighted by Gasteiger charge is 2.51. The van der Waals surface area contributed by atoms with E-state index in [9.17, 15) is 47.9 Å². The van der Waals surface area contributed by atoms with Gasteiger partial charge in [0.1, 0.15) is 5.54 Å². The number of rotatable bonds is 77. The first kappa shape index (κ1) is 106. The van der Waals surface area contributed by atoms with Crippen LogP contribution in [0.4, 0.5) is 14.4 Å². The molecule has 7 aliphatic rings. The van der Waals surface area contributed by atoms with Gasteiger partial charge >= 0.3 is 24.2 Å². The number of hydrogen-bond acceptors (Lipinski definition) is 31. The van der Waals surface area contributed by atoms with Crippen LogP contribution in [0.1, 0.15) is 122 Å². The summed E-state index contributed by atoms with van der Waals surface area (Å²) >= 11 is 0. The molecule has 1 aliphatic heterocycles. The summed E-state index contributed by atoms with van der Waals surface area (Å²) < 4.78 is 113. The second kappa shape index (κ2) is 68.4. The zero-order valence-corrected chi connectivity index (χ0v) is 74.1. The molecule has 3 unspecified atom stereocenters. The van der Waals surface area contributed by atoms with E-state index in [1.807, 2.05) is 0 Å². The third-order valence-electron chi connectivity index (χ3n) is 21.8. The first-order chi connectivity index (χ1) is 62.3. The van der Waals surface area contributed by atoms with Crippen LogP contribution in [0.2, 0.25) is 0 Å². The maximum Gasteiger partial charge on any atom is 0.407 e. The zero-order valence-electron chi connectivity index (χ0n) is 74.1. The quantitative estimate of drug-likeness (QED) is 0.0199. The average molecular weight is 1810 g/mol. The van der Waals surface area contributed by atoms with Crippen molar-refractivity contribution in [3.05, 3.63) is 0 Å².